The van der Waals surface area contributed by atoms with E-state index in [1.54, 1.807) is 24.3 Å². The Hall–Kier alpha value is -1.94. The van der Waals surface area contributed by atoms with Crippen molar-refractivity contribution in [2.45, 2.75) is 15.7 Å². The van der Waals surface area contributed by atoms with E-state index in [0.717, 1.165) is 10.6 Å². The number of hydrogen-bond acceptors (Lipinski definition) is 7. The normalized spacial score (nSPS) is 15.4. The van der Waals surface area contributed by atoms with Crippen LogP contribution >= 0.6 is 11.8 Å². The van der Waals surface area contributed by atoms with Crippen LogP contribution < -0.4 is 0 Å². The zero-order valence-electron chi connectivity index (χ0n) is 14.8. The minimum atomic E-state index is -3.52. The molecule has 0 unspecified atom stereocenters. The summed E-state index contributed by atoms with van der Waals surface area (Å²) in [5.41, 5.74) is 1.53. The van der Waals surface area contributed by atoms with Crippen molar-refractivity contribution in [1.29, 1.82) is 0 Å². The third kappa shape index (κ3) is 4.86. The largest absolute Gasteiger partial charge is 0.465 e. The molecule has 0 spiro atoms. The van der Waals surface area contributed by atoms with Gasteiger partial charge in [-0.3, -0.25) is 0 Å². The predicted molar refractivity (Wildman–Crippen MR) is 101 cm³/mol. The Morgan fingerprint density at radius 1 is 1.19 bits per heavy atom. The molecule has 2 aromatic rings. The number of methoxy groups -OCH3 is 1. The fraction of sp³-hybridized carbons (Fsp3) is 0.333. The first-order valence-electron chi connectivity index (χ1n) is 8.35. The first kappa shape index (κ1) is 19.8. The van der Waals surface area contributed by atoms with E-state index >= 15 is 0 Å². The van der Waals surface area contributed by atoms with Gasteiger partial charge in [0.1, 0.15) is 4.90 Å². The first-order valence-corrected chi connectivity index (χ1v) is 10.8. The Morgan fingerprint density at radius 3 is 2.48 bits per heavy atom. The van der Waals surface area contributed by atoms with E-state index in [1.165, 1.54) is 29.4 Å². The summed E-state index contributed by atoms with van der Waals surface area (Å²) >= 11 is 1.49. The van der Waals surface area contributed by atoms with Crippen LogP contribution in [-0.4, -0.2) is 57.1 Å². The number of rotatable bonds is 6. The molecular formula is C18H20N2O5S2. The summed E-state index contributed by atoms with van der Waals surface area (Å²) in [4.78, 5) is 15.9. The molecule has 2 heterocycles. The number of pyridine rings is 1. The standard InChI is InChI=1S/C18H20N2O5S2/c1-24-18(21)15-4-2-14(3-5-15)13-26-17-7-6-16(12-19-17)27(22,23)20-8-10-25-11-9-20/h2-7,12H,8-11,13H2,1H3. The van der Waals surface area contributed by atoms with Gasteiger partial charge in [-0.05, 0) is 29.8 Å². The van der Waals surface area contributed by atoms with E-state index in [1.807, 2.05) is 12.1 Å². The third-order valence-electron chi connectivity index (χ3n) is 4.08. The van der Waals surface area contributed by atoms with E-state index in [9.17, 15) is 13.2 Å². The van der Waals surface area contributed by atoms with Gasteiger partial charge in [-0.15, -0.1) is 11.8 Å². The quantitative estimate of drug-likeness (QED) is 0.535. The fourth-order valence-electron chi connectivity index (χ4n) is 2.55. The van der Waals surface area contributed by atoms with Gasteiger partial charge in [0.05, 0.1) is 30.9 Å². The molecule has 0 aliphatic carbocycles. The molecule has 1 aliphatic heterocycles. The molecule has 1 saturated heterocycles. The van der Waals surface area contributed by atoms with Gasteiger partial charge in [0, 0.05) is 25.0 Å². The van der Waals surface area contributed by atoms with Crippen LogP contribution in [0.1, 0.15) is 15.9 Å². The second-order valence-corrected chi connectivity index (χ2v) is 8.76. The number of ether oxygens (including phenoxy) is 2. The van der Waals surface area contributed by atoms with Crippen LogP contribution in [-0.2, 0) is 25.2 Å². The first-order chi connectivity index (χ1) is 13.0. The van der Waals surface area contributed by atoms with Crippen molar-refractivity contribution in [1.82, 2.24) is 9.29 Å². The zero-order valence-corrected chi connectivity index (χ0v) is 16.5. The van der Waals surface area contributed by atoms with E-state index in [4.69, 9.17) is 4.74 Å². The van der Waals surface area contributed by atoms with Crippen molar-refractivity contribution in [2.24, 2.45) is 0 Å². The summed E-state index contributed by atoms with van der Waals surface area (Å²) in [5, 5.41) is 0.730. The average molecular weight is 409 g/mol. The van der Waals surface area contributed by atoms with Gasteiger partial charge in [-0.1, -0.05) is 12.1 Å². The molecule has 1 aliphatic rings. The second-order valence-electron chi connectivity index (χ2n) is 5.83. The Balaban J connectivity index is 1.61. The van der Waals surface area contributed by atoms with Crippen molar-refractivity contribution < 1.29 is 22.7 Å². The third-order valence-corrected chi connectivity index (χ3v) is 6.98. The Morgan fingerprint density at radius 2 is 1.89 bits per heavy atom. The van der Waals surface area contributed by atoms with Crippen LogP contribution in [0.4, 0.5) is 0 Å². The number of benzene rings is 1. The molecule has 1 aromatic heterocycles. The van der Waals surface area contributed by atoms with Crippen molar-refractivity contribution in [2.75, 3.05) is 33.4 Å². The number of carbonyl (C=O) groups is 1. The van der Waals surface area contributed by atoms with Crippen molar-refractivity contribution in [3.05, 3.63) is 53.7 Å². The second kappa shape index (κ2) is 8.83. The Labute approximate surface area is 162 Å². The number of hydrogen-bond donors (Lipinski definition) is 0. The van der Waals surface area contributed by atoms with Crippen LogP contribution in [0.25, 0.3) is 0 Å². The fourth-order valence-corrected chi connectivity index (χ4v) is 4.71. The highest BCUT2D eigenvalue weighted by Gasteiger charge is 2.26. The molecule has 3 rings (SSSR count). The molecule has 144 valence electrons. The van der Waals surface area contributed by atoms with Gasteiger partial charge in [0.15, 0.2) is 0 Å². The molecule has 1 fully saturated rings. The van der Waals surface area contributed by atoms with E-state index < -0.39 is 10.0 Å². The predicted octanol–water partition coefficient (Wildman–Crippen LogP) is 2.18. The summed E-state index contributed by atoms with van der Waals surface area (Å²) in [6.45, 7) is 1.55. The topological polar surface area (TPSA) is 85.8 Å². The number of sulfonamides is 1. The lowest BCUT2D eigenvalue weighted by Gasteiger charge is -2.25. The maximum Gasteiger partial charge on any atom is 0.337 e. The summed E-state index contributed by atoms with van der Waals surface area (Å²) < 4.78 is 36.4. The Kier molecular flexibility index (Phi) is 6.48. The molecule has 0 radical (unpaired) electrons. The van der Waals surface area contributed by atoms with Gasteiger partial charge in [-0.25, -0.2) is 18.2 Å². The monoisotopic (exact) mass is 408 g/mol. The van der Waals surface area contributed by atoms with Crippen LogP contribution in [0.5, 0.6) is 0 Å². The molecule has 0 atom stereocenters. The summed E-state index contributed by atoms with van der Waals surface area (Å²) in [6, 6.07) is 10.4. The van der Waals surface area contributed by atoms with E-state index in [2.05, 4.69) is 9.72 Å². The van der Waals surface area contributed by atoms with Crippen LogP contribution in [0.2, 0.25) is 0 Å². The van der Waals surface area contributed by atoms with E-state index in [0.29, 0.717) is 37.6 Å². The zero-order chi connectivity index (χ0) is 19.3. The van der Waals surface area contributed by atoms with Gasteiger partial charge >= 0.3 is 5.97 Å². The van der Waals surface area contributed by atoms with Crippen molar-refractivity contribution >= 4 is 27.8 Å². The lowest BCUT2D eigenvalue weighted by molar-refractivity contribution is 0.0600. The Bertz CT molecular complexity index is 877. The average Bonchev–Trinajstić information content (AvgIpc) is 2.73. The molecule has 27 heavy (non-hydrogen) atoms. The molecule has 1 aromatic carbocycles. The maximum absolute atomic E-state index is 12.6. The van der Waals surface area contributed by atoms with Gasteiger partial charge < -0.3 is 9.47 Å². The number of morpholine rings is 1. The van der Waals surface area contributed by atoms with Crippen molar-refractivity contribution in [3.8, 4) is 0 Å². The molecule has 9 heteroatoms. The van der Waals surface area contributed by atoms with Crippen LogP contribution in [0.15, 0.2) is 52.5 Å². The van der Waals surface area contributed by atoms with Crippen LogP contribution in [0, 0.1) is 0 Å². The number of esters is 1. The number of carbonyl (C=O) groups excluding carboxylic acids is 1. The summed E-state index contributed by atoms with van der Waals surface area (Å²) in [6.07, 6.45) is 1.40. The molecule has 7 nitrogen and oxygen atoms in total. The van der Waals surface area contributed by atoms with Crippen molar-refractivity contribution in [3.63, 3.8) is 0 Å². The minimum absolute atomic E-state index is 0.191. The molecular weight excluding hydrogens is 388 g/mol. The molecule has 0 saturated carbocycles. The van der Waals surface area contributed by atoms with E-state index in [-0.39, 0.29) is 10.9 Å². The van der Waals surface area contributed by atoms with Gasteiger partial charge in [0.25, 0.3) is 0 Å². The highest BCUT2D eigenvalue weighted by molar-refractivity contribution is 7.98. The number of aromatic nitrogens is 1. The minimum Gasteiger partial charge on any atom is -0.465 e. The van der Waals surface area contributed by atoms with Crippen LogP contribution in [0.3, 0.4) is 0 Å². The maximum atomic E-state index is 12.6. The lowest BCUT2D eigenvalue weighted by Crippen LogP contribution is -2.40. The highest BCUT2D eigenvalue weighted by atomic mass is 32.2. The highest BCUT2D eigenvalue weighted by Crippen LogP contribution is 2.23. The van der Waals surface area contributed by atoms with Gasteiger partial charge in [-0.2, -0.15) is 4.31 Å². The molecule has 0 bridgehead atoms. The molecule has 0 N–H and O–H groups in total. The summed E-state index contributed by atoms with van der Waals surface area (Å²) in [7, 11) is -2.18. The SMILES string of the molecule is COC(=O)c1ccc(CSc2ccc(S(=O)(=O)N3CCOCC3)cn2)cc1. The number of thioether (sulfide) groups is 1. The lowest BCUT2D eigenvalue weighted by atomic mass is 10.1. The number of nitrogens with zero attached hydrogens (tertiary/aromatic N) is 2. The molecule has 0 amide bonds. The summed E-state index contributed by atoms with van der Waals surface area (Å²) in [5.74, 6) is 0.289. The smallest absolute Gasteiger partial charge is 0.337 e. The van der Waals surface area contributed by atoms with Gasteiger partial charge in [0.2, 0.25) is 10.0 Å².